The van der Waals surface area contributed by atoms with Crippen molar-refractivity contribution in [2.24, 2.45) is 0 Å². The van der Waals surface area contributed by atoms with Gasteiger partial charge in [-0.05, 0) is 17.7 Å². The molecule has 0 radical (unpaired) electrons. The largest absolute Gasteiger partial charge is 0.482 e. The van der Waals surface area contributed by atoms with Crippen LogP contribution in [0.25, 0.3) is 11.1 Å². The van der Waals surface area contributed by atoms with Gasteiger partial charge in [-0.2, -0.15) is 0 Å². The molecule has 3 nitrogen and oxygen atoms in total. The van der Waals surface area contributed by atoms with Crippen molar-refractivity contribution in [3.05, 3.63) is 89.4 Å². The molecule has 1 aliphatic rings. The number of para-hydroxylation sites is 1. The first-order valence-corrected chi connectivity index (χ1v) is 9.58. The van der Waals surface area contributed by atoms with Crippen LogP contribution in [-0.4, -0.2) is 25.8 Å². The third kappa shape index (κ3) is 4.16. The molecule has 0 amide bonds. The fourth-order valence-corrected chi connectivity index (χ4v) is 3.63. The standard InChI is InChI=1S/C23H22ClNO2/c24-20-12-6-4-10-18(20)19-11-5-7-13-21(19)27-23(17-8-2-1-3-9-17)22-16-25-14-15-26-22/h1-13,22-23,25H,14-16H2. The molecule has 4 rings (SSSR count). The second-order valence-electron chi connectivity index (χ2n) is 6.54. The summed E-state index contributed by atoms with van der Waals surface area (Å²) in [6.45, 7) is 2.31. The number of nitrogens with one attached hydrogen (secondary N) is 1. The van der Waals surface area contributed by atoms with E-state index in [0.29, 0.717) is 11.6 Å². The fraction of sp³-hybridized carbons (Fsp3) is 0.217. The van der Waals surface area contributed by atoms with Crippen molar-refractivity contribution in [2.75, 3.05) is 19.7 Å². The van der Waals surface area contributed by atoms with Crippen LogP contribution in [0.15, 0.2) is 78.9 Å². The first-order chi connectivity index (χ1) is 13.3. The van der Waals surface area contributed by atoms with Crippen molar-refractivity contribution in [3.63, 3.8) is 0 Å². The van der Waals surface area contributed by atoms with Gasteiger partial charge in [-0.1, -0.05) is 78.3 Å². The Morgan fingerprint density at radius 2 is 1.59 bits per heavy atom. The van der Waals surface area contributed by atoms with Crippen LogP contribution in [-0.2, 0) is 4.74 Å². The Morgan fingerprint density at radius 1 is 0.889 bits per heavy atom. The Kier molecular flexibility index (Phi) is 5.73. The monoisotopic (exact) mass is 379 g/mol. The van der Waals surface area contributed by atoms with E-state index in [0.717, 1.165) is 35.5 Å². The van der Waals surface area contributed by atoms with Crippen LogP contribution in [0.1, 0.15) is 11.7 Å². The summed E-state index contributed by atoms with van der Waals surface area (Å²) in [5.74, 6) is 0.800. The highest BCUT2D eigenvalue weighted by Gasteiger charge is 2.28. The number of rotatable bonds is 5. The molecule has 0 bridgehead atoms. The number of hydrogen-bond acceptors (Lipinski definition) is 3. The van der Waals surface area contributed by atoms with Gasteiger partial charge in [-0.15, -0.1) is 0 Å². The molecule has 3 aromatic carbocycles. The van der Waals surface area contributed by atoms with E-state index >= 15 is 0 Å². The summed E-state index contributed by atoms with van der Waals surface area (Å²) in [6.07, 6.45) is -0.261. The highest BCUT2D eigenvalue weighted by Crippen LogP contribution is 2.37. The molecule has 1 saturated heterocycles. The maximum absolute atomic E-state index is 6.56. The molecule has 3 aromatic rings. The summed E-state index contributed by atoms with van der Waals surface area (Å²) in [7, 11) is 0. The Morgan fingerprint density at radius 3 is 2.33 bits per heavy atom. The minimum Gasteiger partial charge on any atom is -0.482 e. The lowest BCUT2D eigenvalue weighted by molar-refractivity contribution is -0.0430. The Labute approximate surface area is 164 Å². The Bertz CT molecular complexity index is 878. The van der Waals surface area contributed by atoms with Crippen LogP contribution in [0, 0.1) is 0 Å². The SMILES string of the molecule is Clc1ccccc1-c1ccccc1OC(c1ccccc1)C1CNCCO1. The van der Waals surface area contributed by atoms with Crippen LogP contribution in [0.5, 0.6) is 5.75 Å². The van der Waals surface area contributed by atoms with Crippen molar-refractivity contribution >= 4 is 11.6 Å². The second kappa shape index (κ2) is 8.57. The number of hydrogen-bond donors (Lipinski definition) is 1. The lowest BCUT2D eigenvalue weighted by atomic mass is 10.0. The molecule has 0 aliphatic carbocycles. The van der Waals surface area contributed by atoms with E-state index in [1.807, 2.05) is 66.7 Å². The molecular weight excluding hydrogens is 358 g/mol. The number of halogens is 1. The first-order valence-electron chi connectivity index (χ1n) is 9.21. The molecule has 1 N–H and O–H groups in total. The van der Waals surface area contributed by atoms with Gasteiger partial charge in [0, 0.05) is 29.2 Å². The number of morpholine rings is 1. The van der Waals surface area contributed by atoms with Crippen molar-refractivity contribution in [1.29, 1.82) is 0 Å². The van der Waals surface area contributed by atoms with Crippen molar-refractivity contribution < 1.29 is 9.47 Å². The number of ether oxygens (including phenoxy) is 2. The summed E-state index contributed by atoms with van der Waals surface area (Å²) >= 11 is 6.44. The van der Waals surface area contributed by atoms with Gasteiger partial charge in [0.25, 0.3) is 0 Å². The molecule has 2 atom stereocenters. The highest BCUT2D eigenvalue weighted by molar-refractivity contribution is 6.33. The van der Waals surface area contributed by atoms with E-state index in [2.05, 4.69) is 17.4 Å². The smallest absolute Gasteiger partial charge is 0.151 e. The normalized spacial score (nSPS) is 18.0. The summed E-state index contributed by atoms with van der Waals surface area (Å²) in [5.41, 5.74) is 3.04. The lowest BCUT2D eigenvalue weighted by Crippen LogP contribution is -2.43. The predicted octanol–water partition coefficient (Wildman–Crippen LogP) is 5.12. The minimum atomic E-state index is -0.206. The van der Waals surface area contributed by atoms with Gasteiger partial charge in [-0.25, -0.2) is 0 Å². The van der Waals surface area contributed by atoms with Crippen LogP contribution >= 0.6 is 11.6 Å². The lowest BCUT2D eigenvalue weighted by Gasteiger charge is -2.32. The fourth-order valence-electron chi connectivity index (χ4n) is 3.39. The van der Waals surface area contributed by atoms with Gasteiger partial charge in [0.1, 0.15) is 11.9 Å². The minimum absolute atomic E-state index is 0.0551. The van der Waals surface area contributed by atoms with Crippen LogP contribution in [0.2, 0.25) is 5.02 Å². The van der Waals surface area contributed by atoms with Gasteiger partial charge in [0.15, 0.2) is 6.10 Å². The van der Waals surface area contributed by atoms with E-state index < -0.39 is 0 Å². The van der Waals surface area contributed by atoms with Crippen LogP contribution < -0.4 is 10.1 Å². The van der Waals surface area contributed by atoms with Crippen LogP contribution in [0.4, 0.5) is 0 Å². The molecule has 1 heterocycles. The number of benzene rings is 3. The maximum Gasteiger partial charge on any atom is 0.151 e. The molecule has 1 fully saturated rings. The molecule has 0 aromatic heterocycles. The molecule has 1 aliphatic heterocycles. The second-order valence-corrected chi connectivity index (χ2v) is 6.95. The molecule has 0 saturated carbocycles. The van der Waals surface area contributed by atoms with Crippen LogP contribution in [0.3, 0.4) is 0 Å². The predicted molar refractivity (Wildman–Crippen MR) is 109 cm³/mol. The van der Waals surface area contributed by atoms with Gasteiger partial charge in [0.05, 0.1) is 6.61 Å². The average Bonchev–Trinajstić information content (AvgIpc) is 2.74. The molecule has 138 valence electrons. The quantitative estimate of drug-likeness (QED) is 0.667. The van der Waals surface area contributed by atoms with Crippen molar-refractivity contribution in [3.8, 4) is 16.9 Å². The molecule has 0 spiro atoms. The summed E-state index contributed by atoms with van der Waals surface area (Å²) in [6, 6.07) is 26.1. The van der Waals surface area contributed by atoms with E-state index in [-0.39, 0.29) is 12.2 Å². The van der Waals surface area contributed by atoms with E-state index in [1.165, 1.54) is 0 Å². The topological polar surface area (TPSA) is 30.5 Å². The van der Waals surface area contributed by atoms with E-state index in [9.17, 15) is 0 Å². The van der Waals surface area contributed by atoms with Gasteiger partial charge >= 0.3 is 0 Å². The zero-order valence-corrected chi connectivity index (χ0v) is 15.7. The van der Waals surface area contributed by atoms with Gasteiger partial charge < -0.3 is 14.8 Å². The van der Waals surface area contributed by atoms with E-state index in [1.54, 1.807) is 0 Å². The zero-order valence-electron chi connectivity index (χ0n) is 15.0. The van der Waals surface area contributed by atoms with Gasteiger partial charge in [-0.3, -0.25) is 0 Å². The zero-order chi connectivity index (χ0) is 18.5. The summed E-state index contributed by atoms with van der Waals surface area (Å²) in [4.78, 5) is 0. The van der Waals surface area contributed by atoms with Crippen molar-refractivity contribution in [2.45, 2.75) is 12.2 Å². The molecule has 4 heteroatoms. The average molecular weight is 380 g/mol. The van der Waals surface area contributed by atoms with Gasteiger partial charge in [0.2, 0.25) is 0 Å². The Balaban J connectivity index is 1.71. The first kappa shape index (κ1) is 18.1. The summed E-state index contributed by atoms with van der Waals surface area (Å²) < 4.78 is 12.6. The molecule has 27 heavy (non-hydrogen) atoms. The third-order valence-corrected chi connectivity index (χ3v) is 5.06. The van der Waals surface area contributed by atoms with E-state index in [4.69, 9.17) is 21.1 Å². The van der Waals surface area contributed by atoms with Crippen molar-refractivity contribution in [1.82, 2.24) is 5.32 Å². The molecular formula is C23H22ClNO2. The molecule has 2 unspecified atom stereocenters. The highest BCUT2D eigenvalue weighted by atomic mass is 35.5. The Hall–Kier alpha value is -2.33. The maximum atomic E-state index is 6.56. The third-order valence-electron chi connectivity index (χ3n) is 4.73. The summed E-state index contributed by atoms with van der Waals surface area (Å²) in [5, 5.41) is 4.11.